The van der Waals surface area contributed by atoms with Crippen LogP contribution >= 0.6 is 0 Å². The van der Waals surface area contributed by atoms with Gasteiger partial charge in [-0.3, -0.25) is 4.98 Å². The summed E-state index contributed by atoms with van der Waals surface area (Å²) in [6, 6.07) is 0. The number of hydrogen-bond acceptors (Lipinski definition) is 4. The summed E-state index contributed by atoms with van der Waals surface area (Å²) in [5, 5.41) is 3.22. The van der Waals surface area contributed by atoms with Gasteiger partial charge in [0.25, 0.3) is 0 Å². The van der Waals surface area contributed by atoms with E-state index in [-0.39, 0.29) is 0 Å². The van der Waals surface area contributed by atoms with Crippen LogP contribution in [-0.4, -0.2) is 23.1 Å². The Morgan fingerprint density at radius 1 is 1.35 bits per heavy atom. The van der Waals surface area contributed by atoms with Gasteiger partial charge in [0, 0.05) is 12.7 Å². The summed E-state index contributed by atoms with van der Waals surface area (Å²) in [6.07, 6.45) is 5.82. The van der Waals surface area contributed by atoms with E-state index in [4.69, 9.17) is 4.74 Å². The Balaban J connectivity index is 2.42. The highest BCUT2D eigenvalue weighted by Gasteiger charge is 2.04. The van der Waals surface area contributed by atoms with E-state index in [1.165, 1.54) is 12.8 Å². The van der Waals surface area contributed by atoms with Crippen molar-refractivity contribution in [2.24, 2.45) is 5.92 Å². The molecule has 0 aliphatic heterocycles. The summed E-state index contributed by atoms with van der Waals surface area (Å²) in [5.74, 6) is 1.20. The third kappa shape index (κ3) is 5.63. The summed E-state index contributed by atoms with van der Waals surface area (Å²) in [5.41, 5.74) is 0.924. The second kappa shape index (κ2) is 8.01. The van der Waals surface area contributed by atoms with Crippen molar-refractivity contribution in [2.75, 3.05) is 13.2 Å². The minimum atomic E-state index is 0.569. The molecule has 4 nitrogen and oxygen atoms in total. The van der Waals surface area contributed by atoms with Gasteiger partial charge in [0.05, 0.1) is 18.5 Å². The van der Waals surface area contributed by atoms with Gasteiger partial charge in [0.15, 0.2) is 0 Å². The normalized spacial score (nSPS) is 12.4. The summed E-state index contributed by atoms with van der Waals surface area (Å²) in [7, 11) is 0. The van der Waals surface area contributed by atoms with Crippen LogP contribution in [0, 0.1) is 5.92 Å². The fourth-order valence-electron chi connectivity index (χ4n) is 1.60. The molecule has 0 amide bonds. The lowest BCUT2D eigenvalue weighted by Crippen LogP contribution is -2.14. The zero-order valence-electron chi connectivity index (χ0n) is 11.1. The first kappa shape index (κ1) is 13.9. The predicted molar refractivity (Wildman–Crippen MR) is 69.0 cm³/mol. The molecule has 0 bridgehead atoms. The summed E-state index contributed by atoms with van der Waals surface area (Å²) >= 11 is 0. The molecular formula is C13H23N3O. The van der Waals surface area contributed by atoms with Crippen LogP contribution in [0.2, 0.25) is 0 Å². The molecule has 0 radical (unpaired) electrons. The molecule has 1 rings (SSSR count). The van der Waals surface area contributed by atoms with Crippen molar-refractivity contribution in [1.29, 1.82) is 0 Å². The van der Waals surface area contributed by atoms with Gasteiger partial charge in [-0.15, -0.1) is 0 Å². The molecule has 17 heavy (non-hydrogen) atoms. The van der Waals surface area contributed by atoms with Crippen molar-refractivity contribution in [2.45, 2.75) is 40.2 Å². The molecule has 1 atom stereocenters. The molecule has 1 unspecified atom stereocenters. The van der Waals surface area contributed by atoms with Crippen LogP contribution in [0.5, 0.6) is 5.88 Å². The van der Waals surface area contributed by atoms with Crippen molar-refractivity contribution in [3.63, 3.8) is 0 Å². The highest BCUT2D eigenvalue weighted by Crippen LogP contribution is 2.10. The first-order chi connectivity index (χ1) is 8.26. The minimum Gasteiger partial charge on any atom is -0.476 e. The van der Waals surface area contributed by atoms with Gasteiger partial charge < -0.3 is 10.1 Å². The maximum atomic E-state index is 5.64. The first-order valence-electron chi connectivity index (χ1n) is 6.40. The van der Waals surface area contributed by atoms with Gasteiger partial charge in [0.2, 0.25) is 5.88 Å². The fourth-order valence-corrected chi connectivity index (χ4v) is 1.60. The Bertz CT molecular complexity index is 317. The number of nitrogens with one attached hydrogen (secondary N) is 1. The van der Waals surface area contributed by atoms with Crippen LogP contribution in [0.15, 0.2) is 12.4 Å². The van der Waals surface area contributed by atoms with Crippen LogP contribution in [0.1, 0.15) is 39.3 Å². The molecule has 96 valence electrons. The molecule has 1 aromatic rings. The lowest BCUT2D eigenvalue weighted by Gasteiger charge is -2.11. The van der Waals surface area contributed by atoms with Crippen molar-refractivity contribution < 1.29 is 4.74 Å². The van der Waals surface area contributed by atoms with Crippen LogP contribution in [0.3, 0.4) is 0 Å². The number of ether oxygens (including phenoxy) is 1. The average Bonchev–Trinajstić information content (AvgIpc) is 2.35. The zero-order valence-corrected chi connectivity index (χ0v) is 11.1. The van der Waals surface area contributed by atoms with Crippen molar-refractivity contribution in [1.82, 2.24) is 15.3 Å². The van der Waals surface area contributed by atoms with Gasteiger partial charge in [-0.05, 0) is 18.9 Å². The second-order valence-corrected chi connectivity index (χ2v) is 4.33. The number of rotatable bonds is 8. The van der Waals surface area contributed by atoms with E-state index >= 15 is 0 Å². The van der Waals surface area contributed by atoms with Crippen LogP contribution in [0.25, 0.3) is 0 Å². The monoisotopic (exact) mass is 237 g/mol. The highest BCUT2D eigenvalue weighted by molar-refractivity contribution is 5.08. The van der Waals surface area contributed by atoms with Gasteiger partial charge in [0.1, 0.15) is 0 Å². The summed E-state index contributed by atoms with van der Waals surface area (Å²) < 4.78 is 5.64. The molecule has 0 fully saturated rings. The van der Waals surface area contributed by atoms with Crippen LogP contribution < -0.4 is 10.1 Å². The predicted octanol–water partition coefficient (Wildman–Crippen LogP) is 2.40. The molecule has 4 heteroatoms. The third-order valence-electron chi connectivity index (χ3n) is 2.52. The number of aromatic nitrogens is 2. The van der Waals surface area contributed by atoms with Gasteiger partial charge >= 0.3 is 0 Å². The molecule has 1 N–H and O–H groups in total. The quantitative estimate of drug-likeness (QED) is 0.754. The third-order valence-corrected chi connectivity index (χ3v) is 2.52. The molecule has 0 aliphatic rings. The molecule has 0 aromatic carbocycles. The number of nitrogens with zero attached hydrogens (tertiary/aromatic N) is 2. The van der Waals surface area contributed by atoms with Gasteiger partial charge in [-0.2, -0.15) is 0 Å². The topological polar surface area (TPSA) is 47.0 Å². The molecule has 1 heterocycles. The highest BCUT2D eigenvalue weighted by atomic mass is 16.5. The Labute approximate surface area is 104 Å². The Kier molecular flexibility index (Phi) is 6.55. The molecule has 1 aromatic heterocycles. The SMILES string of the molecule is CCCC(C)COc1cncc(CNCC)n1. The van der Waals surface area contributed by atoms with Crippen molar-refractivity contribution in [3.05, 3.63) is 18.1 Å². The molecular weight excluding hydrogens is 214 g/mol. The van der Waals surface area contributed by atoms with E-state index in [1.54, 1.807) is 12.4 Å². The van der Waals surface area contributed by atoms with E-state index in [9.17, 15) is 0 Å². The van der Waals surface area contributed by atoms with E-state index in [0.717, 1.165) is 18.8 Å². The van der Waals surface area contributed by atoms with Crippen molar-refractivity contribution >= 4 is 0 Å². The lowest BCUT2D eigenvalue weighted by atomic mass is 10.1. The molecule has 0 saturated heterocycles. The summed E-state index contributed by atoms with van der Waals surface area (Å²) in [6.45, 7) is 8.84. The van der Waals surface area contributed by atoms with Gasteiger partial charge in [-0.25, -0.2) is 4.98 Å². The van der Waals surface area contributed by atoms with Crippen molar-refractivity contribution in [3.8, 4) is 5.88 Å². The Morgan fingerprint density at radius 2 is 2.18 bits per heavy atom. The smallest absolute Gasteiger partial charge is 0.232 e. The van der Waals surface area contributed by atoms with Gasteiger partial charge in [-0.1, -0.05) is 27.2 Å². The first-order valence-corrected chi connectivity index (χ1v) is 6.40. The number of hydrogen-bond donors (Lipinski definition) is 1. The molecule has 0 saturated carbocycles. The lowest BCUT2D eigenvalue weighted by molar-refractivity contribution is 0.241. The van der Waals surface area contributed by atoms with Crippen LogP contribution in [0.4, 0.5) is 0 Å². The Morgan fingerprint density at radius 3 is 2.88 bits per heavy atom. The molecule has 0 aliphatic carbocycles. The maximum absolute atomic E-state index is 5.64. The van der Waals surface area contributed by atoms with E-state index in [0.29, 0.717) is 18.4 Å². The van der Waals surface area contributed by atoms with E-state index in [1.807, 2.05) is 0 Å². The maximum Gasteiger partial charge on any atom is 0.232 e. The largest absolute Gasteiger partial charge is 0.476 e. The Hall–Kier alpha value is -1.16. The average molecular weight is 237 g/mol. The zero-order chi connectivity index (χ0) is 12.5. The minimum absolute atomic E-state index is 0.569. The molecule has 0 spiro atoms. The van der Waals surface area contributed by atoms with Crippen LogP contribution in [-0.2, 0) is 6.54 Å². The summed E-state index contributed by atoms with van der Waals surface area (Å²) in [4.78, 5) is 8.53. The van der Waals surface area contributed by atoms with E-state index < -0.39 is 0 Å². The van der Waals surface area contributed by atoms with E-state index in [2.05, 4.69) is 36.1 Å². The standard InChI is InChI=1S/C13H23N3O/c1-4-6-11(3)10-17-13-9-15-8-12(16-13)7-14-5-2/h8-9,11,14H,4-7,10H2,1-3H3. The fraction of sp³-hybridized carbons (Fsp3) is 0.692. The second-order valence-electron chi connectivity index (χ2n) is 4.33.